The minimum absolute atomic E-state index is 0.146. The molecule has 6 nitrogen and oxygen atoms in total. The van der Waals surface area contributed by atoms with E-state index >= 15 is 0 Å². The van der Waals surface area contributed by atoms with Crippen LogP contribution in [0, 0.1) is 6.92 Å². The van der Waals surface area contributed by atoms with Gasteiger partial charge in [0.1, 0.15) is 5.69 Å². The van der Waals surface area contributed by atoms with E-state index in [0.717, 1.165) is 11.8 Å². The number of aryl methyl sites for hydroxylation is 1. The molecule has 0 amide bonds. The molecule has 2 rings (SSSR count). The van der Waals surface area contributed by atoms with E-state index in [1.54, 1.807) is 13.0 Å². The van der Waals surface area contributed by atoms with Gasteiger partial charge in [-0.2, -0.15) is 0 Å². The molecule has 1 aromatic heterocycles. The average Bonchev–Trinajstić information content (AvgIpc) is 2.77. The quantitative estimate of drug-likeness (QED) is 0.920. The highest BCUT2D eigenvalue weighted by Gasteiger charge is 2.16. The first-order valence-electron chi connectivity index (χ1n) is 5.30. The van der Waals surface area contributed by atoms with Crippen molar-refractivity contribution >= 4 is 15.8 Å². The van der Waals surface area contributed by atoms with Crippen LogP contribution in [0.15, 0.2) is 33.7 Å². The van der Waals surface area contributed by atoms with Crippen molar-refractivity contribution in [1.29, 1.82) is 0 Å². The number of benzene rings is 1. The van der Waals surface area contributed by atoms with Crippen molar-refractivity contribution in [3.63, 3.8) is 0 Å². The van der Waals surface area contributed by atoms with Crippen LogP contribution in [-0.2, 0) is 9.84 Å². The van der Waals surface area contributed by atoms with Crippen LogP contribution in [-0.4, -0.2) is 30.9 Å². The number of carbonyl (C=O) groups is 1. The lowest BCUT2D eigenvalue weighted by atomic mass is 10.1. The van der Waals surface area contributed by atoms with Crippen molar-refractivity contribution < 1.29 is 22.8 Å². The lowest BCUT2D eigenvalue weighted by Crippen LogP contribution is -1.98. The van der Waals surface area contributed by atoms with Gasteiger partial charge in [-0.05, 0) is 24.6 Å². The highest BCUT2D eigenvalue weighted by atomic mass is 32.2. The van der Waals surface area contributed by atoms with E-state index in [-0.39, 0.29) is 10.7 Å². The topological polar surface area (TPSA) is 97.5 Å². The van der Waals surface area contributed by atoms with Crippen molar-refractivity contribution in [2.75, 3.05) is 6.26 Å². The molecule has 0 radical (unpaired) electrons. The first-order valence-corrected chi connectivity index (χ1v) is 7.19. The van der Waals surface area contributed by atoms with Crippen LogP contribution in [0.1, 0.15) is 16.1 Å². The summed E-state index contributed by atoms with van der Waals surface area (Å²) in [5.41, 5.74) is 1.59. The Kier molecular flexibility index (Phi) is 3.15. The van der Waals surface area contributed by atoms with Gasteiger partial charge in [-0.1, -0.05) is 11.2 Å². The zero-order valence-corrected chi connectivity index (χ0v) is 11.1. The van der Waals surface area contributed by atoms with Crippen molar-refractivity contribution in [2.24, 2.45) is 0 Å². The average molecular weight is 281 g/mol. The van der Waals surface area contributed by atoms with E-state index in [2.05, 4.69) is 9.68 Å². The number of aromatic nitrogens is 1. The second-order valence-electron chi connectivity index (χ2n) is 4.13. The van der Waals surface area contributed by atoms with Gasteiger partial charge in [-0.15, -0.1) is 0 Å². The SMILES string of the molecule is Cc1ccc(S(C)(=O)=O)cc1-c1cc(C(=O)O)on1. The molecule has 2 aromatic rings. The molecule has 100 valence electrons. The molecule has 1 heterocycles. The van der Waals surface area contributed by atoms with Crippen molar-refractivity contribution in [3.8, 4) is 11.3 Å². The first-order chi connectivity index (χ1) is 8.79. The molecule has 0 aliphatic rings. The van der Waals surface area contributed by atoms with E-state index in [0.29, 0.717) is 11.3 Å². The third-order valence-corrected chi connectivity index (χ3v) is 3.74. The predicted octanol–water partition coefficient (Wildman–Crippen LogP) is 1.75. The summed E-state index contributed by atoms with van der Waals surface area (Å²) in [6.07, 6.45) is 1.10. The first kappa shape index (κ1) is 13.3. The molecule has 0 saturated carbocycles. The minimum atomic E-state index is -3.33. The molecular formula is C12H11NO5S. The van der Waals surface area contributed by atoms with Gasteiger partial charge in [0.25, 0.3) is 0 Å². The third-order valence-electron chi connectivity index (χ3n) is 2.63. The zero-order chi connectivity index (χ0) is 14.2. The zero-order valence-electron chi connectivity index (χ0n) is 10.2. The van der Waals surface area contributed by atoms with E-state index in [1.165, 1.54) is 18.2 Å². The van der Waals surface area contributed by atoms with Crippen LogP contribution in [0.2, 0.25) is 0 Å². The summed E-state index contributed by atoms with van der Waals surface area (Å²) in [5.74, 6) is -1.52. The molecule has 7 heteroatoms. The molecule has 1 aromatic carbocycles. The maximum atomic E-state index is 11.5. The number of carboxylic acids is 1. The fourth-order valence-electron chi connectivity index (χ4n) is 1.61. The van der Waals surface area contributed by atoms with Crippen LogP contribution in [0.3, 0.4) is 0 Å². The summed E-state index contributed by atoms with van der Waals surface area (Å²) in [6.45, 7) is 1.77. The molecule has 0 saturated heterocycles. The fraction of sp³-hybridized carbons (Fsp3) is 0.167. The maximum Gasteiger partial charge on any atom is 0.374 e. The van der Waals surface area contributed by atoms with Crippen LogP contribution < -0.4 is 0 Å². The highest BCUT2D eigenvalue weighted by Crippen LogP contribution is 2.26. The number of aromatic carboxylic acids is 1. The van der Waals surface area contributed by atoms with Gasteiger partial charge in [-0.25, -0.2) is 13.2 Å². The number of nitrogens with zero attached hydrogens (tertiary/aromatic N) is 1. The monoisotopic (exact) mass is 281 g/mol. The van der Waals surface area contributed by atoms with Crippen LogP contribution >= 0.6 is 0 Å². The second kappa shape index (κ2) is 4.51. The van der Waals surface area contributed by atoms with Crippen molar-refractivity contribution in [1.82, 2.24) is 5.16 Å². The predicted molar refractivity (Wildman–Crippen MR) is 66.7 cm³/mol. The molecule has 0 aliphatic carbocycles. The third kappa shape index (κ3) is 2.65. The Morgan fingerprint density at radius 1 is 1.32 bits per heavy atom. The van der Waals surface area contributed by atoms with Gasteiger partial charge in [0, 0.05) is 17.9 Å². The summed E-state index contributed by atoms with van der Waals surface area (Å²) >= 11 is 0. The Bertz CT molecular complexity index is 745. The van der Waals surface area contributed by atoms with E-state index in [1.807, 2.05) is 0 Å². The lowest BCUT2D eigenvalue weighted by molar-refractivity contribution is 0.0652. The van der Waals surface area contributed by atoms with Gasteiger partial charge >= 0.3 is 5.97 Å². The molecule has 19 heavy (non-hydrogen) atoms. The van der Waals surface area contributed by atoms with E-state index in [9.17, 15) is 13.2 Å². The van der Waals surface area contributed by atoms with Crippen molar-refractivity contribution in [2.45, 2.75) is 11.8 Å². The van der Waals surface area contributed by atoms with Crippen LogP contribution in [0.25, 0.3) is 11.3 Å². The summed E-state index contributed by atoms with van der Waals surface area (Å²) in [6, 6.07) is 5.85. The molecule has 0 unspecified atom stereocenters. The highest BCUT2D eigenvalue weighted by molar-refractivity contribution is 7.90. The molecule has 0 atom stereocenters. The van der Waals surface area contributed by atoms with Crippen molar-refractivity contribution in [3.05, 3.63) is 35.6 Å². The van der Waals surface area contributed by atoms with Gasteiger partial charge in [0.05, 0.1) is 4.90 Å². The fourth-order valence-corrected chi connectivity index (χ4v) is 2.26. The van der Waals surface area contributed by atoms with E-state index in [4.69, 9.17) is 5.11 Å². The maximum absolute atomic E-state index is 11.5. The van der Waals surface area contributed by atoms with E-state index < -0.39 is 15.8 Å². The summed E-state index contributed by atoms with van der Waals surface area (Å²) in [5, 5.41) is 12.4. The summed E-state index contributed by atoms with van der Waals surface area (Å²) in [7, 11) is -3.33. The lowest BCUT2D eigenvalue weighted by Gasteiger charge is -2.04. The Labute approximate surface area is 109 Å². The number of sulfone groups is 1. The largest absolute Gasteiger partial charge is 0.475 e. The molecule has 1 N–H and O–H groups in total. The molecule has 0 fully saturated rings. The van der Waals surface area contributed by atoms with Crippen LogP contribution in [0.5, 0.6) is 0 Å². The Morgan fingerprint density at radius 3 is 2.53 bits per heavy atom. The smallest absolute Gasteiger partial charge is 0.374 e. The normalized spacial score (nSPS) is 11.5. The molecule has 0 bridgehead atoms. The molecular weight excluding hydrogens is 270 g/mol. The molecule has 0 aliphatic heterocycles. The summed E-state index contributed by atoms with van der Waals surface area (Å²) in [4.78, 5) is 10.9. The standard InChI is InChI=1S/C12H11NO5S/c1-7-3-4-8(19(2,16)17)5-9(7)10-6-11(12(14)15)18-13-10/h3-6H,1-2H3,(H,14,15). The van der Waals surface area contributed by atoms with Gasteiger partial charge in [0.2, 0.25) is 5.76 Å². The Balaban J connectivity index is 2.57. The number of rotatable bonds is 3. The van der Waals surface area contributed by atoms with Crippen LogP contribution in [0.4, 0.5) is 0 Å². The second-order valence-corrected chi connectivity index (χ2v) is 6.15. The number of hydrogen-bond acceptors (Lipinski definition) is 5. The van der Waals surface area contributed by atoms with Gasteiger partial charge in [-0.3, -0.25) is 0 Å². The number of carboxylic acid groups (broad SMARTS) is 1. The Morgan fingerprint density at radius 2 is 2.00 bits per heavy atom. The van der Waals surface area contributed by atoms with Gasteiger partial charge in [0.15, 0.2) is 9.84 Å². The summed E-state index contributed by atoms with van der Waals surface area (Å²) < 4.78 is 27.7. The Hall–Kier alpha value is -2.15. The van der Waals surface area contributed by atoms with Gasteiger partial charge < -0.3 is 9.63 Å². The number of hydrogen-bond donors (Lipinski definition) is 1. The minimum Gasteiger partial charge on any atom is -0.475 e. The molecule has 0 spiro atoms.